The Labute approximate surface area is 139 Å². The first-order valence-corrected chi connectivity index (χ1v) is 7.25. The van der Waals surface area contributed by atoms with E-state index < -0.39 is 10.8 Å². The number of ether oxygens (including phenoxy) is 1. The summed E-state index contributed by atoms with van der Waals surface area (Å²) in [5.74, 6) is -0.451. The van der Waals surface area contributed by atoms with Gasteiger partial charge in [0.2, 0.25) is 0 Å². The lowest BCUT2D eigenvalue weighted by atomic mass is 10.3. The first-order chi connectivity index (χ1) is 10.5. The maximum Gasteiger partial charge on any atom is 0.312 e. The molecule has 1 amide bonds. The number of anilines is 1. The van der Waals surface area contributed by atoms with Crippen LogP contribution in [0, 0.1) is 10.1 Å². The van der Waals surface area contributed by atoms with Crippen molar-refractivity contribution in [3.63, 3.8) is 0 Å². The van der Waals surface area contributed by atoms with E-state index in [4.69, 9.17) is 16.3 Å². The van der Waals surface area contributed by atoms with Gasteiger partial charge in [0.05, 0.1) is 10.6 Å². The van der Waals surface area contributed by atoms with E-state index in [1.807, 2.05) is 6.07 Å². The van der Waals surface area contributed by atoms with E-state index in [0.717, 1.165) is 4.47 Å². The van der Waals surface area contributed by atoms with Crippen molar-refractivity contribution in [3.8, 4) is 5.75 Å². The third-order valence-electron chi connectivity index (χ3n) is 2.62. The van der Waals surface area contributed by atoms with Crippen LogP contribution in [0.3, 0.4) is 0 Å². The molecule has 8 heteroatoms. The van der Waals surface area contributed by atoms with Crippen molar-refractivity contribution in [3.05, 3.63) is 62.1 Å². The number of benzene rings is 2. The van der Waals surface area contributed by atoms with Gasteiger partial charge in [-0.15, -0.1) is 0 Å². The average Bonchev–Trinajstić information content (AvgIpc) is 2.48. The van der Waals surface area contributed by atoms with Gasteiger partial charge in [-0.05, 0) is 40.2 Å². The summed E-state index contributed by atoms with van der Waals surface area (Å²) in [7, 11) is 0. The van der Waals surface area contributed by atoms with Crippen LogP contribution >= 0.6 is 27.5 Å². The molecule has 0 unspecified atom stereocenters. The summed E-state index contributed by atoms with van der Waals surface area (Å²) < 4.78 is 5.92. The van der Waals surface area contributed by atoms with Crippen molar-refractivity contribution in [2.45, 2.75) is 0 Å². The molecule has 114 valence electrons. The zero-order valence-corrected chi connectivity index (χ0v) is 13.4. The van der Waals surface area contributed by atoms with Crippen molar-refractivity contribution < 1.29 is 14.5 Å². The van der Waals surface area contributed by atoms with Crippen LogP contribution in [0.1, 0.15) is 0 Å². The molecule has 0 saturated carbocycles. The van der Waals surface area contributed by atoms with Crippen LogP contribution in [-0.4, -0.2) is 17.4 Å². The standard InChI is InChI=1S/C14H10BrClN2O4/c15-10-3-1-2-4-11(10)17-14(19)8-22-13-6-5-9(16)7-12(13)18(20)21/h1-7H,8H2,(H,17,19). The second-order valence-electron chi connectivity index (χ2n) is 4.19. The van der Waals surface area contributed by atoms with Crippen LogP contribution in [-0.2, 0) is 4.79 Å². The van der Waals surface area contributed by atoms with Crippen molar-refractivity contribution in [1.29, 1.82) is 0 Å². The van der Waals surface area contributed by atoms with Gasteiger partial charge in [-0.25, -0.2) is 0 Å². The minimum Gasteiger partial charge on any atom is -0.477 e. The summed E-state index contributed by atoms with van der Waals surface area (Å²) in [6, 6.07) is 11.1. The Bertz CT molecular complexity index is 724. The van der Waals surface area contributed by atoms with Gasteiger partial charge < -0.3 is 10.1 Å². The Morgan fingerprint density at radius 2 is 2.05 bits per heavy atom. The van der Waals surface area contributed by atoms with Crippen LogP contribution in [0.4, 0.5) is 11.4 Å². The fourth-order valence-corrected chi connectivity index (χ4v) is 2.20. The second kappa shape index (κ2) is 7.24. The summed E-state index contributed by atoms with van der Waals surface area (Å²) in [4.78, 5) is 22.1. The summed E-state index contributed by atoms with van der Waals surface area (Å²) in [6.07, 6.45) is 0. The molecule has 0 fully saturated rings. The molecule has 0 heterocycles. The number of nitrogens with one attached hydrogen (secondary N) is 1. The molecule has 2 rings (SSSR count). The number of nitro groups is 1. The lowest BCUT2D eigenvalue weighted by molar-refractivity contribution is -0.385. The van der Waals surface area contributed by atoms with E-state index >= 15 is 0 Å². The minimum absolute atomic E-state index is 0.0170. The quantitative estimate of drug-likeness (QED) is 0.622. The van der Waals surface area contributed by atoms with Gasteiger partial charge in [0.25, 0.3) is 5.91 Å². The zero-order valence-electron chi connectivity index (χ0n) is 11.1. The number of hydrogen-bond acceptors (Lipinski definition) is 4. The number of para-hydroxylation sites is 1. The number of nitro benzene ring substituents is 1. The Kier molecular flexibility index (Phi) is 5.35. The summed E-state index contributed by atoms with van der Waals surface area (Å²) in [5, 5.41) is 13.8. The maximum absolute atomic E-state index is 11.8. The number of carbonyl (C=O) groups is 1. The van der Waals surface area contributed by atoms with Gasteiger partial charge in [0.1, 0.15) is 0 Å². The van der Waals surface area contributed by atoms with Crippen LogP contribution in [0.25, 0.3) is 0 Å². The molecule has 2 aromatic rings. The molecule has 22 heavy (non-hydrogen) atoms. The Balaban J connectivity index is 2.03. The molecular formula is C14H10BrClN2O4. The Hall–Kier alpha value is -2.12. The molecule has 0 aliphatic heterocycles. The van der Waals surface area contributed by atoms with Gasteiger partial charge in [0, 0.05) is 15.6 Å². The van der Waals surface area contributed by atoms with Crippen LogP contribution < -0.4 is 10.1 Å². The largest absolute Gasteiger partial charge is 0.477 e. The van der Waals surface area contributed by atoms with Gasteiger partial charge in [-0.1, -0.05) is 23.7 Å². The molecule has 1 N–H and O–H groups in total. The minimum atomic E-state index is -0.618. The summed E-state index contributed by atoms with van der Waals surface area (Å²) in [6.45, 7) is -0.357. The SMILES string of the molecule is O=C(COc1ccc(Cl)cc1[N+](=O)[O-])Nc1ccccc1Br. The van der Waals surface area contributed by atoms with Crippen LogP contribution in [0.2, 0.25) is 5.02 Å². The average molecular weight is 386 g/mol. The van der Waals surface area contributed by atoms with E-state index in [1.54, 1.807) is 18.2 Å². The number of amides is 1. The monoisotopic (exact) mass is 384 g/mol. The highest BCUT2D eigenvalue weighted by atomic mass is 79.9. The Morgan fingerprint density at radius 1 is 1.32 bits per heavy atom. The van der Waals surface area contributed by atoms with Gasteiger partial charge in [0.15, 0.2) is 12.4 Å². The number of rotatable bonds is 5. The Morgan fingerprint density at radius 3 is 2.73 bits per heavy atom. The van der Waals surface area contributed by atoms with Crippen molar-refractivity contribution in [2.24, 2.45) is 0 Å². The van der Waals surface area contributed by atoms with E-state index in [0.29, 0.717) is 5.69 Å². The first-order valence-electron chi connectivity index (χ1n) is 6.08. The van der Waals surface area contributed by atoms with Crippen LogP contribution in [0.15, 0.2) is 46.9 Å². The van der Waals surface area contributed by atoms with E-state index in [1.165, 1.54) is 18.2 Å². The van der Waals surface area contributed by atoms with Crippen LogP contribution in [0.5, 0.6) is 5.75 Å². The maximum atomic E-state index is 11.8. The lowest BCUT2D eigenvalue weighted by Gasteiger charge is -2.09. The van der Waals surface area contributed by atoms with Gasteiger partial charge in [-0.2, -0.15) is 0 Å². The molecule has 0 aliphatic carbocycles. The summed E-state index contributed by atoms with van der Waals surface area (Å²) >= 11 is 9.00. The zero-order chi connectivity index (χ0) is 16.1. The molecule has 0 bridgehead atoms. The number of carbonyl (C=O) groups excluding carboxylic acids is 1. The lowest BCUT2D eigenvalue weighted by Crippen LogP contribution is -2.20. The van der Waals surface area contributed by atoms with E-state index in [9.17, 15) is 14.9 Å². The van der Waals surface area contributed by atoms with Crippen molar-refractivity contribution >= 4 is 44.8 Å². The molecular weight excluding hydrogens is 376 g/mol. The highest BCUT2D eigenvalue weighted by molar-refractivity contribution is 9.10. The molecule has 0 aliphatic rings. The van der Waals surface area contributed by atoms with Crippen molar-refractivity contribution in [2.75, 3.05) is 11.9 Å². The molecule has 0 radical (unpaired) electrons. The smallest absolute Gasteiger partial charge is 0.312 e. The van der Waals surface area contributed by atoms with Crippen molar-refractivity contribution in [1.82, 2.24) is 0 Å². The predicted molar refractivity (Wildman–Crippen MR) is 86.4 cm³/mol. The number of hydrogen-bond donors (Lipinski definition) is 1. The molecule has 6 nitrogen and oxygen atoms in total. The van der Waals surface area contributed by atoms with E-state index in [2.05, 4.69) is 21.2 Å². The topological polar surface area (TPSA) is 81.5 Å². The molecule has 0 aromatic heterocycles. The second-order valence-corrected chi connectivity index (χ2v) is 5.48. The van der Waals surface area contributed by atoms with Gasteiger partial charge >= 0.3 is 5.69 Å². The first kappa shape index (κ1) is 16.3. The number of nitrogens with zero attached hydrogens (tertiary/aromatic N) is 1. The fraction of sp³-hybridized carbons (Fsp3) is 0.0714. The fourth-order valence-electron chi connectivity index (χ4n) is 1.65. The molecule has 0 spiro atoms. The normalized spacial score (nSPS) is 10.1. The highest BCUT2D eigenvalue weighted by Crippen LogP contribution is 2.30. The molecule has 2 aromatic carbocycles. The van der Waals surface area contributed by atoms with E-state index in [-0.39, 0.29) is 23.1 Å². The number of halogens is 2. The predicted octanol–water partition coefficient (Wildman–Crippen LogP) is 4.03. The highest BCUT2D eigenvalue weighted by Gasteiger charge is 2.17. The third kappa shape index (κ3) is 4.19. The molecule has 0 atom stereocenters. The molecule has 0 saturated heterocycles. The third-order valence-corrected chi connectivity index (χ3v) is 3.55. The summed E-state index contributed by atoms with van der Waals surface area (Å²) in [5.41, 5.74) is 0.294. The van der Waals surface area contributed by atoms with Gasteiger partial charge in [-0.3, -0.25) is 14.9 Å².